The predicted octanol–water partition coefficient (Wildman–Crippen LogP) is 7.42. The standard InChI is InChI=1S/C38H28Cl2F6N6O5/c1-49(31-23(39)10-13-26(47-31)37(41,42)43)51-33(54)20-8-7-19-21(29(20)35(51)56)15-22-30(28(19)18-9-12-25(53)17-6-4-3-5-16(17)18)36(57)52(34(22)55)50(2)32-24(40)11-14-27(48-32)38(44,45)46/h3-7,9-14,20-22,28-30,53H,8,15H2,1-2H3/t20-,21+,22+,28-,29-,30+/m0/s1. The van der Waals surface area contributed by atoms with E-state index in [-0.39, 0.29) is 28.6 Å². The molecule has 57 heavy (non-hydrogen) atoms. The molecule has 0 unspecified atom stereocenters. The Morgan fingerprint density at radius 3 is 1.72 bits per heavy atom. The van der Waals surface area contributed by atoms with Gasteiger partial charge in [0.1, 0.15) is 17.1 Å². The third kappa shape index (κ3) is 5.96. The highest BCUT2D eigenvalue weighted by Crippen LogP contribution is 2.59. The lowest BCUT2D eigenvalue weighted by atomic mass is 9.57. The van der Waals surface area contributed by atoms with Gasteiger partial charge in [-0.3, -0.25) is 29.2 Å². The Bertz CT molecular complexity index is 2450. The summed E-state index contributed by atoms with van der Waals surface area (Å²) in [6.45, 7) is 0. The number of allylic oxidation sites excluding steroid dienone is 2. The lowest BCUT2D eigenvalue weighted by Gasteiger charge is -2.44. The maximum absolute atomic E-state index is 14.6. The number of hydrogen-bond donors (Lipinski definition) is 1. The van der Waals surface area contributed by atoms with Gasteiger partial charge >= 0.3 is 12.4 Å². The zero-order valence-corrected chi connectivity index (χ0v) is 31.0. The number of aromatic nitrogens is 2. The second-order valence-corrected chi connectivity index (χ2v) is 15.1. The summed E-state index contributed by atoms with van der Waals surface area (Å²) in [4.78, 5) is 64.9. The van der Waals surface area contributed by atoms with Gasteiger partial charge in [0.05, 0.1) is 33.7 Å². The number of phenols is 1. The van der Waals surface area contributed by atoms with E-state index >= 15 is 0 Å². The van der Waals surface area contributed by atoms with Crippen LogP contribution in [-0.2, 0) is 31.5 Å². The van der Waals surface area contributed by atoms with E-state index in [9.17, 15) is 50.6 Å². The lowest BCUT2D eigenvalue weighted by Crippen LogP contribution is -2.46. The van der Waals surface area contributed by atoms with Crippen molar-refractivity contribution in [2.75, 3.05) is 24.1 Å². The molecular weight excluding hydrogens is 805 g/mol. The Kier molecular flexibility index (Phi) is 8.99. The molecule has 2 aliphatic heterocycles. The van der Waals surface area contributed by atoms with Crippen molar-refractivity contribution in [3.05, 3.63) is 99.3 Å². The van der Waals surface area contributed by atoms with Crippen LogP contribution in [0.1, 0.15) is 35.7 Å². The number of amides is 4. The van der Waals surface area contributed by atoms with Crippen molar-refractivity contribution in [3.8, 4) is 5.75 Å². The maximum atomic E-state index is 14.6. The van der Waals surface area contributed by atoms with E-state index in [1.807, 2.05) is 0 Å². The van der Waals surface area contributed by atoms with E-state index in [4.69, 9.17) is 23.2 Å². The van der Waals surface area contributed by atoms with Crippen LogP contribution in [-0.4, -0.2) is 62.8 Å². The summed E-state index contributed by atoms with van der Waals surface area (Å²) < 4.78 is 82.1. The number of aromatic hydroxyl groups is 1. The molecule has 11 nitrogen and oxygen atoms in total. The molecule has 0 radical (unpaired) electrons. The highest BCUT2D eigenvalue weighted by Gasteiger charge is 2.63. The molecule has 4 amide bonds. The number of imide groups is 2. The zero-order chi connectivity index (χ0) is 41.0. The van der Waals surface area contributed by atoms with E-state index in [0.29, 0.717) is 44.1 Å². The van der Waals surface area contributed by atoms with Gasteiger partial charge in [-0.15, -0.1) is 0 Å². The van der Waals surface area contributed by atoms with Crippen molar-refractivity contribution in [1.29, 1.82) is 0 Å². The fourth-order valence-electron chi connectivity index (χ4n) is 8.89. The van der Waals surface area contributed by atoms with E-state index in [0.717, 1.165) is 22.2 Å². The monoisotopic (exact) mass is 832 g/mol. The molecule has 2 aromatic heterocycles. The molecule has 19 heteroatoms. The molecule has 3 fully saturated rings. The van der Waals surface area contributed by atoms with Crippen LogP contribution >= 0.6 is 23.2 Å². The minimum atomic E-state index is -4.88. The molecule has 1 N–H and O–H groups in total. The first-order valence-corrected chi connectivity index (χ1v) is 18.2. The molecule has 8 rings (SSSR count). The minimum absolute atomic E-state index is 0.0193. The molecule has 2 saturated heterocycles. The zero-order valence-electron chi connectivity index (χ0n) is 29.5. The Morgan fingerprint density at radius 2 is 1.18 bits per heavy atom. The van der Waals surface area contributed by atoms with Gasteiger partial charge in [0, 0.05) is 25.4 Å². The fourth-order valence-corrected chi connectivity index (χ4v) is 9.35. The van der Waals surface area contributed by atoms with Gasteiger partial charge in [-0.05, 0) is 60.0 Å². The number of phenolic OH excluding ortho intramolecular Hbond substituents is 1. The van der Waals surface area contributed by atoms with E-state index in [1.54, 1.807) is 36.4 Å². The largest absolute Gasteiger partial charge is 0.507 e. The van der Waals surface area contributed by atoms with Gasteiger partial charge in [0.2, 0.25) is 0 Å². The number of carbonyl (C=O) groups excluding carboxylic acids is 4. The quantitative estimate of drug-likeness (QED) is 0.124. The van der Waals surface area contributed by atoms with E-state index < -0.39 is 94.5 Å². The molecule has 1 saturated carbocycles. The Balaban J connectivity index is 1.23. The average Bonchev–Trinajstić information content (AvgIpc) is 3.56. The number of hydrogen-bond acceptors (Lipinski definition) is 9. The van der Waals surface area contributed by atoms with Crippen LogP contribution in [0.2, 0.25) is 10.0 Å². The van der Waals surface area contributed by atoms with Crippen molar-refractivity contribution in [3.63, 3.8) is 0 Å². The number of hydrazine groups is 2. The highest BCUT2D eigenvalue weighted by atomic mass is 35.5. The smallest absolute Gasteiger partial charge is 0.433 e. The minimum Gasteiger partial charge on any atom is -0.507 e. The molecule has 4 aromatic rings. The van der Waals surface area contributed by atoms with Crippen LogP contribution in [0.4, 0.5) is 38.0 Å². The van der Waals surface area contributed by atoms with E-state index in [1.165, 1.54) is 20.2 Å². The van der Waals surface area contributed by atoms with Crippen LogP contribution in [0, 0.1) is 29.6 Å². The van der Waals surface area contributed by atoms with Gasteiger partial charge < -0.3 is 5.11 Å². The first-order chi connectivity index (χ1) is 26.8. The molecule has 296 valence electrons. The van der Waals surface area contributed by atoms with Gasteiger partial charge in [-0.1, -0.05) is 65.2 Å². The predicted molar refractivity (Wildman–Crippen MR) is 192 cm³/mol. The molecule has 2 aliphatic carbocycles. The molecule has 0 spiro atoms. The SMILES string of the molecule is CN(c1nc(C(F)(F)F)ccc1Cl)N1C(=O)[C@H]2[C@H](CC=C3[C@H]2C[C@H]2C(=O)N(N(C)c4nc(C(F)(F)F)ccc4Cl)C(=O)[C@H]2[C@H]3c2ccc(O)c3ccccc23)C1=O. The number of halogens is 8. The van der Waals surface area contributed by atoms with Crippen LogP contribution < -0.4 is 10.0 Å². The van der Waals surface area contributed by atoms with Crippen molar-refractivity contribution in [2.24, 2.45) is 29.6 Å². The lowest BCUT2D eigenvalue weighted by molar-refractivity contribution is -0.143. The average molecular weight is 834 g/mol. The third-order valence-corrected chi connectivity index (χ3v) is 11.9. The van der Waals surface area contributed by atoms with Gasteiger partial charge in [0.15, 0.2) is 11.6 Å². The molecular formula is C38H28Cl2F6N6O5. The van der Waals surface area contributed by atoms with E-state index in [2.05, 4.69) is 9.97 Å². The summed E-state index contributed by atoms with van der Waals surface area (Å²) in [6, 6.07) is 13.0. The number of anilines is 2. The summed E-state index contributed by atoms with van der Waals surface area (Å²) in [5.41, 5.74) is -1.59. The van der Waals surface area contributed by atoms with Crippen molar-refractivity contribution in [1.82, 2.24) is 20.0 Å². The van der Waals surface area contributed by atoms with Crippen LogP contribution in [0.3, 0.4) is 0 Å². The Labute approximate surface area is 329 Å². The van der Waals surface area contributed by atoms with Crippen molar-refractivity contribution in [2.45, 2.75) is 31.1 Å². The van der Waals surface area contributed by atoms with Crippen LogP contribution in [0.5, 0.6) is 5.75 Å². The number of rotatable bonds is 5. The molecule has 4 heterocycles. The molecule has 4 aliphatic rings. The molecule has 6 atom stereocenters. The summed E-state index contributed by atoms with van der Waals surface area (Å²) in [5, 5.41) is 14.3. The van der Waals surface area contributed by atoms with Crippen molar-refractivity contribution >= 4 is 69.2 Å². The first kappa shape index (κ1) is 38.5. The number of benzene rings is 2. The molecule has 0 bridgehead atoms. The van der Waals surface area contributed by atoms with Gasteiger partial charge in [-0.25, -0.2) is 9.97 Å². The number of fused-ring (bicyclic) bond motifs is 5. The topological polar surface area (TPSA) is 127 Å². The fraction of sp³-hybridized carbons (Fsp3) is 0.316. The second-order valence-electron chi connectivity index (χ2n) is 14.3. The Hall–Kier alpha value is -5.42. The van der Waals surface area contributed by atoms with Gasteiger partial charge in [-0.2, -0.15) is 36.4 Å². The van der Waals surface area contributed by atoms with Crippen LogP contribution in [0.25, 0.3) is 10.8 Å². The number of carbonyl (C=O) groups is 4. The highest BCUT2D eigenvalue weighted by molar-refractivity contribution is 6.33. The maximum Gasteiger partial charge on any atom is 0.433 e. The Morgan fingerprint density at radius 1 is 0.667 bits per heavy atom. The summed E-state index contributed by atoms with van der Waals surface area (Å²) in [6.07, 6.45) is -8.19. The van der Waals surface area contributed by atoms with Crippen molar-refractivity contribution < 1.29 is 50.6 Å². The normalized spacial score (nSPS) is 24.8. The second kappa shape index (κ2) is 13.3. The number of pyridine rings is 2. The number of nitrogens with zero attached hydrogens (tertiary/aromatic N) is 6. The summed E-state index contributed by atoms with van der Waals surface area (Å²) in [7, 11) is 2.35. The summed E-state index contributed by atoms with van der Waals surface area (Å²) >= 11 is 12.5. The number of alkyl halides is 6. The molecule has 2 aromatic carbocycles. The van der Waals surface area contributed by atoms with Crippen LogP contribution in [0.15, 0.2) is 72.3 Å². The third-order valence-electron chi connectivity index (χ3n) is 11.3. The van der Waals surface area contributed by atoms with Gasteiger partial charge in [0.25, 0.3) is 23.6 Å². The first-order valence-electron chi connectivity index (χ1n) is 17.4. The summed E-state index contributed by atoms with van der Waals surface area (Å²) in [5.74, 6) is -10.6.